The van der Waals surface area contributed by atoms with E-state index in [1.807, 2.05) is 0 Å². The summed E-state index contributed by atoms with van der Waals surface area (Å²) < 4.78 is 4.49. The van der Waals surface area contributed by atoms with E-state index in [-0.39, 0.29) is 24.8 Å². The van der Waals surface area contributed by atoms with Crippen molar-refractivity contribution in [1.29, 1.82) is 0 Å². The number of nitrogens with zero attached hydrogens (tertiary/aromatic N) is 1. The molecule has 0 unspecified atom stereocenters. The first kappa shape index (κ1) is 12.3. The lowest BCUT2D eigenvalue weighted by Crippen LogP contribution is -2.27. The number of hydrogen-bond donors (Lipinski definition) is 1. The molecule has 1 heterocycles. The Kier molecular flexibility index (Phi) is 4.59. The fourth-order valence-corrected chi connectivity index (χ4v) is 1.64. The molecule has 1 N–H and O–H groups in total. The number of Topliss-reactive ketones (excluding diaryl/α,β-unsaturated/α-hetero) is 1. The van der Waals surface area contributed by atoms with E-state index in [9.17, 15) is 14.4 Å². The molecule has 0 spiro atoms. The van der Waals surface area contributed by atoms with Gasteiger partial charge in [0.1, 0.15) is 22.3 Å². The lowest BCUT2D eigenvalue weighted by molar-refractivity contribution is -0.129. The standard InChI is InChI=1S/C9H10N2O4S/c1-6(13)2-11-9(14)7-3-10-8(16-7)4-15-5-12/h3,5H,2,4H2,1H3,(H,11,14). The Morgan fingerprint density at radius 1 is 1.62 bits per heavy atom. The van der Waals surface area contributed by atoms with Crippen molar-refractivity contribution in [2.45, 2.75) is 13.5 Å². The zero-order valence-corrected chi connectivity index (χ0v) is 9.37. The topological polar surface area (TPSA) is 85.4 Å². The Morgan fingerprint density at radius 2 is 2.38 bits per heavy atom. The molecule has 1 amide bonds. The smallest absolute Gasteiger partial charge is 0.293 e. The van der Waals surface area contributed by atoms with Crippen LogP contribution in [0.15, 0.2) is 6.20 Å². The van der Waals surface area contributed by atoms with Gasteiger partial charge in [0.05, 0.1) is 12.7 Å². The molecule has 0 aliphatic heterocycles. The highest BCUT2D eigenvalue weighted by molar-refractivity contribution is 7.13. The quantitative estimate of drug-likeness (QED) is 0.717. The number of carbonyl (C=O) groups excluding carboxylic acids is 3. The number of amides is 1. The maximum Gasteiger partial charge on any atom is 0.293 e. The molecule has 7 heteroatoms. The lowest BCUT2D eigenvalue weighted by atomic mass is 10.4. The van der Waals surface area contributed by atoms with Crippen LogP contribution in [0.2, 0.25) is 0 Å². The highest BCUT2D eigenvalue weighted by atomic mass is 32.1. The summed E-state index contributed by atoms with van der Waals surface area (Å²) in [6.45, 7) is 1.75. The maximum absolute atomic E-state index is 11.4. The average Bonchev–Trinajstić information content (AvgIpc) is 2.71. The predicted molar refractivity (Wildman–Crippen MR) is 56.0 cm³/mol. The summed E-state index contributed by atoms with van der Waals surface area (Å²) >= 11 is 1.11. The molecule has 1 aromatic rings. The van der Waals surface area contributed by atoms with Crippen molar-refractivity contribution < 1.29 is 19.1 Å². The van der Waals surface area contributed by atoms with Crippen molar-refractivity contribution in [3.05, 3.63) is 16.1 Å². The molecule has 0 aliphatic rings. The van der Waals surface area contributed by atoms with E-state index in [1.54, 1.807) is 0 Å². The SMILES string of the molecule is CC(=O)CNC(=O)c1cnc(COC=O)s1. The summed E-state index contributed by atoms with van der Waals surface area (Å²) in [5.74, 6) is -0.479. The van der Waals surface area contributed by atoms with E-state index in [0.717, 1.165) is 11.3 Å². The zero-order chi connectivity index (χ0) is 12.0. The van der Waals surface area contributed by atoms with E-state index >= 15 is 0 Å². The summed E-state index contributed by atoms with van der Waals surface area (Å²) in [5, 5.41) is 2.97. The fraction of sp³-hybridized carbons (Fsp3) is 0.333. The van der Waals surface area contributed by atoms with Crippen LogP contribution in [0.3, 0.4) is 0 Å². The van der Waals surface area contributed by atoms with Gasteiger partial charge >= 0.3 is 0 Å². The second kappa shape index (κ2) is 5.96. The Bertz CT molecular complexity index is 402. The number of ketones is 1. The van der Waals surface area contributed by atoms with Gasteiger partial charge in [-0.1, -0.05) is 0 Å². The summed E-state index contributed by atoms with van der Waals surface area (Å²) in [6, 6.07) is 0. The number of nitrogens with one attached hydrogen (secondary N) is 1. The van der Waals surface area contributed by atoms with Gasteiger partial charge in [0.15, 0.2) is 0 Å². The number of thiazole rings is 1. The molecule has 0 aliphatic carbocycles. The van der Waals surface area contributed by atoms with Gasteiger partial charge in [-0.3, -0.25) is 14.4 Å². The fourth-order valence-electron chi connectivity index (χ4n) is 0.879. The number of ether oxygens (including phenoxy) is 1. The molecule has 1 aromatic heterocycles. The van der Waals surface area contributed by atoms with Gasteiger partial charge in [-0.05, 0) is 6.92 Å². The Hall–Kier alpha value is -1.76. The third-order valence-corrected chi connectivity index (χ3v) is 2.52. The third kappa shape index (κ3) is 3.77. The molecule has 0 fully saturated rings. The number of rotatable bonds is 6. The summed E-state index contributed by atoms with van der Waals surface area (Å²) in [7, 11) is 0. The van der Waals surface area contributed by atoms with Gasteiger partial charge in [-0.15, -0.1) is 11.3 Å². The normalized spacial score (nSPS) is 9.56. The summed E-state index contributed by atoms with van der Waals surface area (Å²) in [5.41, 5.74) is 0. The van der Waals surface area contributed by atoms with Crippen LogP contribution in [0.5, 0.6) is 0 Å². The van der Waals surface area contributed by atoms with Crippen LogP contribution in [-0.4, -0.2) is 29.7 Å². The second-order valence-corrected chi connectivity index (χ2v) is 4.03. The van der Waals surface area contributed by atoms with Crippen molar-refractivity contribution in [1.82, 2.24) is 10.3 Å². The largest absolute Gasteiger partial charge is 0.460 e. The Morgan fingerprint density at radius 3 is 3.00 bits per heavy atom. The van der Waals surface area contributed by atoms with Gasteiger partial charge in [0.2, 0.25) is 0 Å². The van der Waals surface area contributed by atoms with Crippen LogP contribution in [0.25, 0.3) is 0 Å². The van der Waals surface area contributed by atoms with Crippen molar-refractivity contribution in [3.8, 4) is 0 Å². The van der Waals surface area contributed by atoms with E-state index < -0.39 is 0 Å². The van der Waals surface area contributed by atoms with Crippen LogP contribution < -0.4 is 5.32 Å². The predicted octanol–water partition coefficient (Wildman–Crippen LogP) is 0.135. The first-order valence-electron chi connectivity index (χ1n) is 4.41. The van der Waals surface area contributed by atoms with Crippen LogP contribution in [0, 0.1) is 0 Å². The van der Waals surface area contributed by atoms with Crippen LogP contribution >= 0.6 is 11.3 Å². The Balaban J connectivity index is 2.52. The van der Waals surface area contributed by atoms with Crippen molar-refractivity contribution in [3.63, 3.8) is 0 Å². The molecular formula is C9H10N2O4S. The molecule has 0 bridgehead atoms. The zero-order valence-electron chi connectivity index (χ0n) is 8.56. The summed E-state index contributed by atoms with van der Waals surface area (Å²) in [6.07, 6.45) is 1.38. The summed E-state index contributed by atoms with van der Waals surface area (Å²) in [4.78, 5) is 36.3. The van der Waals surface area contributed by atoms with Gasteiger partial charge < -0.3 is 10.1 Å². The average molecular weight is 242 g/mol. The van der Waals surface area contributed by atoms with E-state index in [4.69, 9.17) is 0 Å². The number of carbonyl (C=O) groups is 3. The van der Waals surface area contributed by atoms with E-state index in [2.05, 4.69) is 15.0 Å². The molecular weight excluding hydrogens is 232 g/mol. The van der Waals surface area contributed by atoms with Crippen molar-refractivity contribution >= 4 is 29.5 Å². The van der Waals surface area contributed by atoms with Gasteiger partial charge in [0, 0.05) is 0 Å². The first-order chi connectivity index (χ1) is 7.63. The minimum Gasteiger partial charge on any atom is -0.460 e. The van der Waals surface area contributed by atoms with Crippen molar-refractivity contribution in [2.24, 2.45) is 0 Å². The molecule has 86 valence electrons. The minimum absolute atomic E-state index is 0.00307. The lowest BCUT2D eigenvalue weighted by Gasteiger charge is -1.98. The monoisotopic (exact) mass is 242 g/mol. The van der Waals surface area contributed by atoms with Gasteiger partial charge in [-0.25, -0.2) is 4.98 Å². The Labute approximate surface area is 95.6 Å². The van der Waals surface area contributed by atoms with Crippen LogP contribution in [-0.2, 0) is 20.9 Å². The van der Waals surface area contributed by atoms with Gasteiger partial charge in [-0.2, -0.15) is 0 Å². The number of aromatic nitrogens is 1. The van der Waals surface area contributed by atoms with E-state index in [0.29, 0.717) is 16.4 Å². The third-order valence-electron chi connectivity index (χ3n) is 1.55. The molecule has 0 aromatic carbocycles. The van der Waals surface area contributed by atoms with Gasteiger partial charge in [0.25, 0.3) is 12.4 Å². The minimum atomic E-state index is -0.356. The van der Waals surface area contributed by atoms with Crippen molar-refractivity contribution in [2.75, 3.05) is 6.54 Å². The molecule has 0 radical (unpaired) electrons. The molecule has 1 rings (SSSR count). The number of hydrogen-bond acceptors (Lipinski definition) is 6. The first-order valence-corrected chi connectivity index (χ1v) is 5.22. The molecule has 0 saturated heterocycles. The van der Waals surface area contributed by atoms with Crippen LogP contribution in [0.4, 0.5) is 0 Å². The highest BCUT2D eigenvalue weighted by Gasteiger charge is 2.10. The molecule has 16 heavy (non-hydrogen) atoms. The highest BCUT2D eigenvalue weighted by Crippen LogP contribution is 2.13. The van der Waals surface area contributed by atoms with Crippen LogP contribution in [0.1, 0.15) is 21.6 Å². The molecule has 0 saturated carbocycles. The molecule has 0 atom stereocenters. The second-order valence-electron chi connectivity index (χ2n) is 2.91. The maximum atomic E-state index is 11.4. The van der Waals surface area contributed by atoms with E-state index in [1.165, 1.54) is 13.1 Å². The molecule has 6 nitrogen and oxygen atoms in total.